The number of aliphatic hydroxyl groups excluding tert-OH is 2. The van der Waals surface area contributed by atoms with Crippen molar-refractivity contribution >= 4 is 11.9 Å². The van der Waals surface area contributed by atoms with Crippen LogP contribution >= 0.6 is 0 Å². The van der Waals surface area contributed by atoms with Crippen LogP contribution in [0.2, 0.25) is 0 Å². The van der Waals surface area contributed by atoms with Gasteiger partial charge in [-0.2, -0.15) is 0 Å². The van der Waals surface area contributed by atoms with Crippen molar-refractivity contribution in [1.82, 2.24) is 10.2 Å². The Hall–Kier alpha value is -1.48. The molecule has 8 nitrogen and oxygen atoms in total. The fourth-order valence-electron chi connectivity index (χ4n) is 3.14. The lowest BCUT2D eigenvalue weighted by Crippen LogP contribution is -2.63. The van der Waals surface area contributed by atoms with Crippen LogP contribution in [0.1, 0.15) is 19.8 Å². The van der Waals surface area contributed by atoms with Crippen molar-refractivity contribution < 1.29 is 24.9 Å². The molecule has 22 heavy (non-hydrogen) atoms. The van der Waals surface area contributed by atoms with Gasteiger partial charge >= 0.3 is 5.97 Å². The van der Waals surface area contributed by atoms with E-state index in [0.29, 0.717) is 13.0 Å². The van der Waals surface area contributed by atoms with Gasteiger partial charge < -0.3 is 26.4 Å². The van der Waals surface area contributed by atoms with E-state index in [9.17, 15) is 24.9 Å². The van der Waals surface area contributed by atoms with Gasteiger partial charge in [-0.3, -0.25) is 9.69 Å². The molecular weight excluding hydrogens is 290 g/mol. The van der Waals surface area contributed by atoms with Crippen molar-refractivity contribution in [1.29, 1.82) is 0 Å². The number of aliphatic hydroxyl groups is 2. The van der Waals surface area contributed by atoms with Crippen LogP contribution in [0.3, 0.4) is 0 Å². The van der Waals surface area contributed by atoms with Crippen LogP contribution in [0.15, 0.2) is 11.6 Å². The first-order chi connectivity index (χ1) is 10.3. The Labute approximate surface area is 128 Å². The summed E-state index contributed by atoms with van der Waals surface area (Å²) in [5.74, 6) is -1.27. The fourth-order valence-corrected chi connectivity index (χ4v) is 3.14. The van der Waals surface area contributed by atoms with Gasteiger partial charge in [-0.1, -0.05) is 6.08 Å². The molecule has 124 valence electrons. The van der Waals surface area contributed by atoms with Crippen molar-refractivity contribution in [2.45, 2.75) is 50.1 Å². The number of likely N-dealkylation sites (tertiary alicyclic amines) is 1. The van der Waals surface area contributed by atoms with E-state index in [1.807, 2.05) is 4.90 Å². The number of amides is 1. The SMILES string of the molecule is CC(=O)N[C@H]1[C@H](N2CCC(O)C(O)C2)C=C(C(=O)O)C[C@@H]1N. The summed E-state index contributed by atoms with van der Waals surface area (Å²) in [6.07, 6.45) is 0.477. The summed E-state index contributed by atoms with van der Waals surface area (Å²) in [5.41, 5.74) is 6.27. The number of carboxylic acids is 1. The predicted octanol–water partition coefficient (Wildman–Crippen LogP) is -1.97. The van der Waals surface area contributed by atoms with Crippen LogP contribution in [0, 0.1) is 0 Å². The van der Waals surface area contributed by atoms with E-state index >= 15 is 0 Å². The fraction of sp³-hybridized carbons (Fsp3) is 0.714. The van der Waals surface area contributed by atoms with E-state index in [4.69, 9.17) is 5.73 Å². The van der Waals surface area contributed by atoms with Gasteiger partial charge in [-0.25, -0.2) is 4.79 Å². The van der Waals surface area contributed by atoms with Crippen molar-refractivity contribution in [2.24, 2.45) is 5.73 Å². The van der Waals surface area contributed by atoms with E-state index in [-0.39, 0.29) is 24.4 Å². The number of carbonyl (C=O) groups is 2. The van der Waals surface area contributed by atoms with Gasteiger partial charge in [0.15, 0.2) is 0 Å². The first-order valence-electron chi connectivity index (χ1n) is 7.36. The molecule has 1 saturated heterocycles. The molecule has 8 heteroatoms. The van der Waals surface area contributed by atoms with Gasteiger partial charge in [0, 0.05) is 31.6 Å². The second-order valence-corrected chi connectivity index (χ2v) is 6.00. The standard InChI is InChI=1S/C14H23N3O5/c1-7(18)16-13-9(15)4-8(14(21)22)5-10(13)17-3-2-11(19)12(20)6-17/h5,9-13,19-20H,2-4,6,15H2,1H3,(H,16,18)(H,21,22)/t9-,10+,11?,12?,13+/m0/s1. The minimum absolute atomic E-state index is 0.176. The average Bonchev–Trinajstić information content (AvgIpc) is 2.43. The Balaban J connectivity index is 2.25. The number of carbonyl (C=O) groups excluding carboxylic acids is 1. The number of rotatable bonds is 3. The Bertz CT molecular complexity index is 481. The van der Waals surface area contributed by atoms with Crippen molar-refractivity contribution in [3.8, 4) is 0 Å². The average molecular weight is 313 g/mol. The zero-order valence-electron chi connectivity index (χ0n) is 12.5. The highest BCUT2D eigenvalue weighted by Gasteiger charge is 2.39. The number of piperidine rings is 1. The van der Waals surface area contributed by atoms with Crippen molar-refractivity contribution in [3.63, 3.8) is 0 Å². The summed E-state index contributed by atoms with van der Waals surface area (Å²) < 4.78 is 0. The second-order valence-electron chi connectivity index (χ2n) is 6.00. The Morgan fingerprint density at radius 1 is 1.36 bits per heavy atom. The zero-order chi connectivity index (χ0) is 16.4. The van der Waals surface area contributed by atoms with E-state index in [2.05, 4.69) is 5.32 Å². The molecule has 0 aromatic carbocycles. The molecule has 0 aromatic heterocycles. The molecule has 1 aliphatic carbocycles. The number of nitrogens with zero attached hydrogens (tertiary/aromatic N) is 1. The summed E-state index contributed by atoms with van der Waals surface area (Å²) in [6.45, 7) is 2.09. The van der Waals surface area contributed by atoms with Crippen LogP contribution in [-0.2, 0) is 9.59 Å². The second kappa shape index (κ2) is 6.74. The number of β-amino-alcohol motifs (C(OH)–C–C–N with tert-alkyl or cyclic N) is 1. The Kier molecular flexibility index (Phi) is 5.17. The molecule has 2 aliphatic rings. The highest BCUT2D eigenvalue weighted by molar-refractivity contribution is 5.87. The number of hydrogen-bond acceptors (Lipinski definition) is 6. The van der Waals surface area contributed by atoms with E-state index in [0.717, 1.165) is 0 Å². The third-order valence-electron chi connectivity index (χ3n) is 4.30. The van der Waals surface area contributed by atoms with Gasteiger partial charge in [0.05, 0.1) is 24.3 Å². The molecule has 2 rings (SSSR count). The van der Waals surface area contributed by atoms with Gasteiger partial charge in [0.25, 0.3) is 0 Å². The summed E-state index contributed by atoms with van der Waals surface area (Å²) in [5, 5.41) is 31.4. The third-order valence-corrected chi connectivity index (χ3v) is 4.30. The van der Waals surface area contributed by atoms with E-state index in [1.165, 1.54) is 6.92 Å². The molecule has 1 aliphatic heterocycles. The van der Waals surface area contributed by atoms with Gasteiger partial charge in [-0.05, 0) is 12.8 Å². The van der Waals surface area contributed by atoms with Gasteiger partial charge in [0.2, 0.25) is 5.91 Å². The molecule has 0 bridgehead atoms. The molecule has 1 fully saturated rings. The first-order valence-corrected chi connectivity index (χ1v) is 7.36. The molecular formula is C14H23N3O5. The Morgan fingerprint density at radius 2 is 2.05 bits per heavy atom. The molecule has 0 spiro atoms. The minimum Gasteiger partial charge on any atom is -0.478 e. The molecule has 1 heterocycles. The van der Waals surface area contributed by atoms with Crippen LogP contribution in [0.4, 0.5) is 0 Å². The highest BCUT2D eigenvalue weighted by Crippen LogP contribution is 2.25. The lowest BCUT2D eigenvalue weighted by atomic mass is 9.85. The molecule has 2 unspecified atom stereocenters. The van der Waals surface area contributed by atoms with Crippen LogP contribution in [0.25, 0.3) is 0 Å². The first kappa shape index (κ1) is 16.9. The largest absolute Gasteiger partial charge is 0.478 e. The maximum absolute atomic E-state index is 11.4. The lowest BCUT2D eigenvalue weighted by Gasteiger charge is -2.44. The van der Waals surface area contributed by atoms with E-state index in [1.54, 1.807) is 6.08 Å². The Morgan fingerprint density at radius 3 is 2.59 bits per heavy atom. The number of nitrogens with one attached hydrogen (secondary N) is 1. The summed E-state index contributed by atoms with van der Waals surface area (Å²) in [4.78, 5) is 24.5. The zero-order valence-corrected chi connectivity index (χ0v) is 12.5. The minimum atomic E-state index is -1.03. The van der Waals surface area contributed by atoms with Crippen LogP contribution in [0.5, 0.6) is 0 Å². The van der Waals surface area contributed by atoms with Gasteiger partial charge in [-0.15, -0.1) is 0 Å². The molecule has 6 N–H and O–H groups in total. The lowest BCUT2D eigenvalue weighted by molar-refractivity contribution is -0.133. The van der Waals surface area contributed by atoms with Gasteiger partial charge in [0.1, 0.15) is 0 Å². The normalized spacial score (nSPS) is 36.5. The smallest absolute Gasteiger partial charge is 0.331 e. The van der Waals surface area contributed by atoms with Crippen LogP contribution < -0.4 is 11.1 Å². The number of nitrogens with two attached hydrogens (primary N) is 1. The summed E-state index contributed by atoms with van der Waals surface area (Å²) in [7, 11) is 0. The third kappa shape index (κ3) is 3.64. The topological polar surface area (TPSA) is 136 Å². The maximum atomic E-state index is 11.4. The van der Waals surface area contributed by atoms with E-state index < -0.39 is 36.3 Å². The predicted molar refractivity (Wildman–Crippen MR) is 77.9 cm³/mol. The summed E-state index contributed by atoms with van der Waals surface area (Å²) >= 11 is 0. The molecule has 5 atom stereocenters. The molecule has 0 aromatic rings. The number of aliphatic carboxylic acids is 1. The summed E-state index contributed by atoms with van der Waals surface area (Å²) in [6, 6.07) is -1.36. The molecule has 1 amide bonds. The number of carboxylic acid groups (broad SMARTS) is 1. The van der Waals surface area contributed by atoms with Crippen molar-refractivity contribution in [3.05, 3.63) is 11.6 Å². The molecule has 0 saturated carbocycles. The monoisotopic (exact) mass is 313 g/mol. The highest BCUT2D eigenvalue weighted by atomic mass is 16.4. The quantitative estimate of drug-likeness (QED) is 0.408. The maximum Gasteiger partial charge on any atom is 0.331 e. The van der Waals surface area contributed by atoms with Crippen LogP contribution in [-0.4, -0.2) is 75.5 Å². The van der Waals surface area contributed by atoms with Crippen molar-refractivity contribution in [2.75, 3.05) is 13.1 Å². The molecule has 0 radical (unpaired) electrons. The number of hydrogen-bond donors (Lipinski definition) is 5.